The highest BCUT2D eigenvalue weighted by Gasteiger charge is 2.30. The zero-order valence-corrected chi connectivity index (χ0v) is 21.6. The van der Waals surface area contributed by atoms with E-state index in [2.05, 4.69) is 10.3 Å². The number of nitrogens with two attached hydrogens (primary N) is 1. The number of carbonyl (C=O) groups is 1. The van der Waals surface area contributed by atoms with Crippen molar-refractivity contribution in [2.45, 2.75) is 38.3 Å². The lowest BCUT2D eigenvalue weighted by molar-refractivity contribution is 0.0735. The summed E-state index contributed by atoms with van der Waals surface area (Å²) < 4.78 is 5.92. The van der Waals surface area contributed by atoms with Crippen LogP contribution in [0.15, 0.2) is 54.7 Å². The summed E-state index contributed by atoms with van der Waals surface area (Å²) >= 11 is 12.5. The van der Waals surface area contributed by atoms with Gasteiger partial charge < -0.3 is 20.7 Å². The molecule has 2 fully saturated rings. The van der Waals surface area contributed by atoms with E-state index in [4.69, 9.17) is 33.7 Å². The fourth-order valence-corrected chi connectivity index (χ4v) is 5.12. The van der Waals surface area contributed by atoms with Gasteiger partial charge in [-0.25, -0.2) is 4.98 Å². The molecule has 2 heterocycles. The number of ether oxygens (including phenoxy) is 1. The second kappa shape index (κ2) is 11.1. The maximum Gasteiger partial charge on any atom is 0.254 e. The van der Waals surface area contributed by atoms with E-state index in [1.165, 1.54) is 12.8 Å². The van der Waals surface area contributed by atoms with Crippen molar-refractivity contribution in [2.24, 2.45) is 5.92 Å². The molecule has 0 spiro atoms. The molecule has 1 atom stereocenters. The Morgan fingerprint density at radius 2 is 1.81 bits per heavy atom. The van der Waals surface area contributed by atoms with Crippen molar-refractivity contribution in [3.05, 3.63) is 75.9 Å². The summed E-state index contributed by atoms with van der Waals surface area (Å²) in [5.41, 5.74) is 9.20. The summed E-state index contributed by atoms with van der Waals surface area (Å²) in [5, 5.41) is 4.62. The largest absolute Gasteiger partial charge is 0.485 e. The van der Waals surface area contributed by atoms with E-state index in [1.807, 2.05) is 35.2 Å². The average molecular weight is 525 g/mol. The first-order valence-corrected chi connectivity index (χ1v) is 13.2. The van der Waals surface area contributed by atoms with E-state index < -0.39 is 0 Å². The molecule has 2 aromatic carbocycles. The Morgan fingerprint density at radius 3 is 2.53 bits per heavy atom. The lowest BCUT2D eigenvalue weighted by Crippen LogP contribution is -2.42. The first-order valence-electron chi connectivity index (χ1n) is 12.4. The number of pyridine rings is 1. The second-order valence-electron chi connectivity index (χ2n) is 9.57. The molecule has 188 valence electrons. The van der Waals surface area contributed by atoms with E-state index in [1.54, 1.807) is 24.4 Å². The normalized spacial score (nSPS) is 17.4. The van der Waals surface area contributed by atoms with Gasteiger partial charge in [-0.3, -0.25) is 4.79 Å². The third kappa shape index (κ3) is 5.77. The second-order valence-corrected chi connectivity index (χ2v) is 10.4. The third-order valence-electron chi connectivity index (χ3n) is 6.93. The number of nitrogens with zero attached hydrogens (tertiary/aromatic N) is 2. The van der Waals surface area contributed by atoms with Gasteiger partial charge in [0.05, 0.1) is 0 Å². The number of anilines is 1. The minimum absolute atomic E-state index is 0.0911. The van der Waals surface area contributed by atoms with Crippen molar-refractivity contribution in [1.82, 2.24) is 15.2 Å². The van der Waals surface area contributed by atoms with Crippen LogP contribution >= 0.6 is 23.2 Å². The van der Waals surface area contributed by atoms with E-state index in [9.17, 15) is 4.79 Å². The van der Waals surface area contributed by atoms with Crippen molar-refractivity contribution < 1.29 is 9.53 Å². The number of amides is 1. The van der Waals surface area contributed by atoms with Crippen LogP contribution in [-0.4, -0.2) is 41.5 Å². The van der Waals surface area contributed by atoms with E-state index in [0.717, 1.165) is 49.5 Å². The molecule has 3 N–H and O–H groups in total. The zero-order valence-electron chi connectivity index (χ0n) is 20.1. The minimum Gasteiger partial charge on any atom is -0.485 e. The van der Waals surface area contributed by atoms with Gasteiger partial charge in [0.25, 0.3) is 5.91 Å². The van der Waals surface area contributed by atoms with Crippen molar-refractivity contribution in [2.75, 3.05) is 25.4 Å². The van der Waals surface area contributed by atoms with Crippen molar-refractivity contribution in [3.8, 4) is 16.9 Å². The summed E-state index contributed by atoms with van der Waals surface area (Å²) in [6.07, 6.45) is 6.47. The molecular weight excluding hydrogens is 495 g/mol. The average Bonchev–Trinajstić information content (AvgIpc) is 3.59. The third-order valence-corrected chi connectivity index (χ3v) is 7.64. The SMILES string of the molecule is Nc1ncc(-c2ccc(C(=O)N3CCC[C@@H]3CNCC3CC3)cc2)cc1OCc1c(Cl)cccc1Cl. The highest BCUT2D eigenvalue weighted by Crippen LogP contribution is 2.31. The molecule has 1 aliphatic heterocycles. The molecule has 3 aromatic rings. The Morgan fingerprint density at radius 1 is 1.06 bits per heavy atom. The Labute approximate surface area is 221 Å². The number of nitrogens with one attached hydrogen (secondary N) is 1. The van der Waals surface area contributed by atoms with Gasteiger partial charge >= 0.3 is 0 Å². The summed E-state index contributed by atoms with van der Waals surface area (Å²) in [7, 11) is 0. The number of rotatable bonds is 9. The predicted octanol–water partition coefficient (Wildman–Crippen LogP) is 5.82. The van der Waals surface area contributed by atoms with Gasteiger partial charge in [-0.15, -0.1) is 0 Å². The Balaban J connectivity index is 1.25. The summed E-state index contributed by atoms with van der Waals surface area (Å²) in [6, 6.07) is 15.1. The smallest absolute Gasteiger partial charge is 0.254 e. The van der Waals surface area contributed by atoms with Crippen molar-refractivity contribution in [3.63, 3.8) is 0 Å². The minimum atomic E-state index is 0.0911. The van der Waals surface area contributed by atoms with Gasteiger partial charge in [-0.1, -0.05) is 41.4 Å². The number of halogens is 2. The highest BCUT2D eigenvalue weighted by molar-refractivity contribution is 6.35. The van der Waals surface area contributed by atoms with Gasteiger partial charge in [0.1, 0.15) is 6.61 Å². The molecule has 0 unspecified atom stereocenters. The Hall–Kier alpha value is -2.80. The summed E-state index contributed by atoms with van der Waals surface area (Å²) in [6.45, 7) is 2.93. The molecule has 2 aliphatic rings. The highest BCUT2D eigenvalue weighted by atomic mass is 35.5. The fraction of sp³-hybridized carbons (Fsp3) is 0.357. The number of carbonyl (C=O) groups excluding carboxylic acids is 1. The Bertz CT molecular complexity index is 1210. The van der Waals surface area contributed by atoms with Crippen LogP contribution in [0.25, 0.3) is 11.1 Å². The first-order chi connectivity index (χ1) is 17.5. The molecule has 8 heteroatoms. The molecule has 0 bridgehead atoms. The molecule has 6 nitrogen and oxygen atoms in total. The van der Waals surface area contributed by atoms with Gasteiger partial charge in [0, 0.05) is 52.1 Å². The monoisotopic (exact) mass is 524 g/mol. The molecule has 1 aliphatic carbocycles. The van der Waals surface area contributed by atoms with Crippen LogP contribution in [0.1, 0.15) is 41.6 Å². The lowest BCUT2D eigenvalue weighted by atomic mass is 10.0. The molecule has 0 radical (unpaired) electrons. The van der Waals surface area contributed by atoms with Crippen molar-refractivity contribution >= 4 is 34.9 Å². The van der Waals surface area contributed by atoms with E-state index >= 15 is 0 Å². The topological polar surface area (TPSA) is 80.5 Å². The van der Waals surface area contributed by atoms with Crippen LogP contribution in [0, 0.1) is 5.92 Å². The number of aromatic nitrogens is 1. The maximum atomic E-state index is 13.2. The summed E-state index contributed by atoms with van der Waals surface area (Å²) in [5.74, 6) is 1.66. The standard InChI is InChI=1S/C28H30Cl2N4O2/c29-24-4-1-5-25(30)23(24)17-36-26-13-21(15-33-27(26)31)19-8-10-20(11-9-19)28(35)34-12-2-3-22(34)16-32-14-18-6-7-18/h1,4-5,8-11,13,15,18,22,32H,2-3,6-7,12,14,16-17H2,(H2,31,33)/t22-/m1/s1. The maximum absolute atomic E-state index is 13.2. The number of nitrogen functional groups attached to an aromatic ring is 1. The first kappa shape index (κ1) is 24.9. The number of hydrogen-bond donors (Lipinski definition) is 2. The summed E-state index contributed by atoms with van der Waals surface area (Å²) in [4.78, 5) is 19.5. The van der Waals surface area contributed by atoms with Gasteiger partial charge in [0.2, 0.25) is 0 Å². The quantitative estimate of drug-likeness (QED) is 0.368. The molecule has 36 heavy (non-hydrogen) atoms. The van der Waals surface area contributed by atoms with Crippen LogP contribution in [0.5, 0.6) is 5.75 Å². The van der Waals surface area contributed by atoms with Crippen LogP contribution in [0.3, 0.4) is 0 Å². The van der Waals surface area contributed by atoms with Gasteiger partial charge in [-0.2, -0.15) is 0 Å². The van der Waals surface area contributed by atoms with Crippen LogP contribution < -0.4 is 15.8 Å². The molecule has 5 rings (SSSR count). The van der Waals surface area contributed by atoms with Crippen molar-refractivity contribution in [1.29, 1.82) is 0 Å². The molecular formula is C28H30Cl2N4O2. The number of likely N-dealkylation sites (tertiary alicyclic amines) is 1. The predicted molar refractivity (Wildman–Crippen MR) is 145 cm³/mol. The Kier molecular flexibility index (Phi) is 7.65. The number of hydrogen-bond acceptors (Lipinski definition) is 5. The fourth-order valence-electron chi connectivity index (χ4n) is 4.61. The number of benzene rings is 2. The van der Waals surface area contributed by atoms with E-state index in [0.29, 0.717) is 26.9 Å². The van der Waals surface area contributed by atoms with Gasteiger partial charge in [0.15, 0.2) is 11.6 Å². The van der Waals surface area contributed by atoms with E-state index in [-0.39, 0.29) is 24.4 Å². The lowest BCUT2D eigenvalue weighted by Gasteiger charge is -2.25. The molecule has 1 saturated carbocycles. The molecule has 1 amide bonds. The van der Waals surface area contributed by atoms with Gasteiger partial charge in [-0.05, 0) is 74.0 Å². The molecule has 1 saturated heterocycles. The zero-order chi connectivity index (χ0) is 25.1. The van der Waals surface area contributed by atoms with Crippen LogP contribution in [0.4, 0.5) is 5.82 Å². The molecule has 1 aromatic heterocycles. The van der Waals surface area contributed by atoms with Crippen LogP contribution in [0.2, 0.25) is 10.0 Å². The van der Waals surface area contributed by atoms with Crippen LogP contribution in [-0.2, 0) is 6.61 Å².